The molecule has 4 aromatic rings. The number of benzene rings is 1. The van der Waals surface area contributed by atoms with Crippen LogP contribution in [0.1, 0.15) is 39.2 Å². The Hall–Kier alpha value is -3.17. The predicted octanol–water partition coefficient (Wildman–Crippen LogP) is 5.72. The molecule has 1 aliphatic heterocycles. The van der Waals surface area contributed by atoms with Gasteiger partial charge in [0, 0.05) is 48.9 Å². The molecule has 0 aliphatic carbocycles. The lowest BCUT2D eigenvalue weighted by atomic mass is 10.1. The Labute approximate surface area is 201 Å². The highest BCUT2D eigenvalue weighted by atomic mass is 32.1. The Bertz CT molecular complexity index is 1280. The molecule has 1 atom stereocenters. The zero-order valence-electron chi connectivity index (χ0n) is 19.5. The van der Waals surface area contributed by atoms with Gasteiger partial charge in [0.1, 0.15) is 16.9 Å². The fourth-order valence-electron chi connectivity index (χ4n) is 4.14. The summed E-state index contributed by atoms with van der Waals surface area (Å²) in [6, 6.07) is 9.79. The number of furan rings is 1. The summed E-state index contributed by atoms with van der Waals surface area (Å²) in [5.74, 6) is 0.666. The van der Waals surface area contributed by atoms with E-state index in [1.54, 1.807) is 12.5 Å². The summed E-state index contributed by atoms with van der Waals surface area (Å²) in [5, 5.41) is 5.06. The molecule has 1 aromatic carbocycles. The number of amides is 1. The van der Waals surface area contributed by atoms with E-state index in [0.29, 0.717) is 29.7 Å². The van der Waals surface area contributed by atoms with Gasteiger partial charge in [-0.25, -0.2) is 9.78 Å². The van der Waals surface area contributed by atoms with Crippen LogP contribution in [0.4, 0.5) is 4.79 Å². The average Bonchev–Trinajstić information content (AvgIpc) is 3.50. The highest BCUT2D eigenvalue weighted by molar-refractivity contribution is 7.20. The van der Waals surface area contributed by atoms with Crippen LogP contribution in [0.25, 0.3) is 21.3 Å². The summed E-state index contributed by atoms with van der Waals surface area (Å²) in [6.07, 6.45) is 5.22. The van der Waals surface area contributed by atoms with E-state index < -0.39 is 5.60 Å². The van der Waals surface area contributed by atoms with Crippen molar-refractivity contribution in [2.75, 3.05) is 13.1 Å². The van der Waals surface area contributed by atoms with Crippen LogP contribution in [0.5, 0.6) is 10.9 Å². The zero-order chi connectivity index (χ0) is 23.7. The van der Waals surface area contributed by atoms with Gasteiger partial charge in [-0.3, -0.25) is 0 Å². The lowest BCUT2D eigenvalue weighted by Crippen LogP contribution is -2.44. The molecule has 1 fully saturated rings. The Kier molecular flexibility index (Phi) is 6.14. The van der Waals surface area contributed by atoms with Gasteiger partial charge in [-0.1, -0.05) is 11.3 Å². The smallest absolute Gasteiger partial charge is 0.410 e. The molecule has 8 nitrogen and oxygen atoms in total. The van der Waals surface area contributed by atoms with Crippen molar-refractivity contribution >= 4 is 38.7 Å². The number of carbonyl (C=O) groups excluding carboxylic acids is 1. The summed E-state index contributed by atoms with van der Waals surface area (Å²) in [7, 11) is 0. The van der Waals surface area contributed by atoms with Crippen molar-refractivity contribution in [2.24, 2.45) is 0 Å². The number of carbonyl (C=O) groups is 1. The monoisotopic (exact) mass is 480 g/mol. The number of hydrogen-bond donors (Lipinski definition) is 1. The number of hydrogen-bond acceptors (Lipinski definition) is 8. The standard InChI is InChI=1S/C25H28N4O4S/c1-25(2,3)33-24(30)29-11-5-6-17(29)14-26-13-16-15-31-20-12-18(8-9-19(16)20)32-23-28-22-21(34-23)7-4-10-27-22/h4,7-10,12,15,17,26H,5-6,11,13-14H2,1-3H3. The number of likely N-dealkylation sites (tertiary alicyclic amines) is 1. The van der Waals surface area contributed by atoms with Crippen LogP contribution in [0.2, 0.25) is 0 Å². The van der Waals surface area contributed by atoms with Crippen molar-refractivity contribution in [2.45, 2.75) is 51.8 Å². The molecule has 1 N–H and O–H groups in total. The van der Waals surface area contributed by atoms with E-state index in [4.69, 9.17) is 13.9 Å². The minimum atomic E-state index is -0.486. The van der Waals surface area contributed by atoms with E-state index in [9.17, 15) is 4.79 Å². The van der Waals surface area contributed by atoms with Gasteiger partial charge >= 0.3 is 6.09 Å². The first-order valence-corrected chi connectivity index (χ1v) is 12.3. The maximum absolute atomic E-state index is 12.5. The van der Waals surface area contributed by atoms with Crippen LogP contribution in [-0.2, 0) is 11.3 Å². The molecule has 3 aromatic heterocycles. The largest absolute Gasteiger partial charge is 0.464 e. The fraction of sp³-hybridized carbons (Fsp3) is 0.400. The number of aromatic nitrogens is 2. The lowest BCUT2D eigenvalue weighted by molar-refractivity contribution is 0.0226. The van der Waals surface area contributed by atoms with Crippen LogP contribution in [-0.4, -0.2) is 45.7 Å². The van der Waals surface area contributed by atoms with E-state index >= 15 is 0 Å². The normalized spacial score (nSPS) is 16.4. The maximum atomic E-state index is 12.5. The van der Waals surface area contributed by atoms with E-state index in [2.05, 4.69) is 15.3 Å². The summed E-state index contributed by atoms with van der Waals surface area (Å²) in [4.78, 5) is 23.0. The molecule has 0 spiro atoms. The first kappa shape index (κ1) is 22.6. The van der Waals surface area contributed by atoms with Crippen molar-refractivity contribution in [1.82, 2.24) is 20.2 Å². The van der Waals surface area contributed by atoms with Gasteiger partial charge in [0.15, 0.2) is 5.65 Å². The third-order valence-electron chi connectivity index (χ3n) is 5.68. The Balaban J connectivity index is 1.20. The van der Waals surface area contributed by atoms with Crippen molar-refractivity contribution in [3.05, 3.63) is 48.4 Å². The van der Waals surface area contributed by atoms with Gasteiger partial charge in [0.2, 0.25) is 0 Å². The van der Waals surface area contributed by atoms with E-state index in [-0.39, 0.29) is 12.1 Å². The summed E-state index contributed by atoms with van der Waals surface area (Å²) in [6.45, 7) is 7.78. The molecule has 1 amide bonds. The number of pyridine rings is 1. The van der Waals surface area contributed by atoms with Crippen LogP contribution in [0, 0.1) is 0 Å². The number of fused-ring (bicyclic) bond motifs is 2. The SMILES string of the molecule is CC(C)(C)OC(=O)N1CCCC1CNCc1coc2cc(Oc3nc4ncccc4s3)ccc12. The van der Waals surface area contributed by atoms with Crippen molar-refractivity contribution < 1.29 is 18.7 Å². The van der Waals surface area contributed by atoms with Crippen molar-refractivity contribution in [3.63, 3.8) is 0 Å². The topological polar surface area (TPSA) is 89.7 Å². The number of nitrogens with zero attached hydrogens (tertiary/aromatic N) is 3. The second kappa shape index (κ2) is 9.23. The Morgan fingerprint density at radius 1 is 1.32 bits per heavy atom. The van der Waals surface area contributed by atoms with Gasteiger partial charge < -0.3 is 24.1 Å². The Morgan fingerprint density at radius 2 is 2.21 bits per heavy atom. The van der Waals surface area contributed by atoms with Crippen LogP contribution in [0.3, 0.4) is 0 Å². The van der Waals surface area contributed by atoms with Gasteiger partial charge in [-0.15, -0.1) is 0 Å². The molecule has 4 heterocycles. The fourth-order valence-corrected chi connectivity index (χ4v) is 4.93. The van der Waals surface area contributed by atoms with Gasteiger partial charge in [-0.05, 0) is 57.9 Å². The number of ether oxygens (including phenoxy) is 2. The van der Waals surface area contributed by atoms with Gasteiger partial charge in [-0.2, -0.15) is 4.98 Å². The molecule has 0 radical (unpaired) electrons. The van der Waals surface area contributed by atoms with Gasteiger partial charge in [0.05, 0.1) is 11.0 Å². The first-order valence-electron chi connectivity index (χ1n) is 11.5. The van der Waals surface area contributed by atoms with E-state index in [1.807, 2.05) is 56.0 Å². The molecule has 34 heavy (non-hydrogen) atoms. The minimum absolute atomic E-state index is 0.135. The van der Waals surface area contributed by atoms with E-state index in [0.717, 1.165) is 40.6 Å². The quantitative estimate of drug-likeness (QED) is 0.377. The molecule has 1 aliphatic rings. The van der Waals surface area contributed by atoms with Gasteiger partial charge in [0.25, 0.3) is 5.19 Å². The average molecular weight is 481 g/mol. The third kappa shape index (κ3) is 5.00. The van der Waals surface area contributed by atoms with Crippen LogP contribution >= 0.6 is 11.3 Å². The first-order chi connectivity index (χ1) is 16.4. The third-order valence-corrected chi connectivity index (χ3v) is 6.57. The number of nitrogens with one attached hydrogen (secondary N) is 1. The molecule has 0 bridgehead atoms. The lowest BCUT2D eigenvalue weighted by Gasteiger charge is -2.28. The zero-order valence-corrected chi connectivity index (χ0v) is 20.4. The minimum Gasteiger partial charge on any atom is -0.464 e. The van der Waals surface area contributed by atoms with Crippen molar-refractivity contribution in [1.29, 1.82) is 0 Å². The van der Waals surface area contributed by atoms with Crippen LogP contribution in [0.15, 0.2) is 47.2 Å². The van der Waals surface area contributed by atoms with Crippen LogP contribution < -0.4 is 10.1 Å². The molecular formula is C25H28N4O4S. The number of rotatable bonds is 6. The second-order valence-electron chi connectivity index (χ2n) is 9.43. The predicted molar refractivity (Wildman–Crippen MR) is 131 cm³/mol. The summed E-state index contributed by atoms with van der Waals surface area (Å²) < 4.78 is 18.3. The Morgan fingerprint density at radius 3 is 3.03 bits per heavy atom. The molecule has 178 valence electrons. The maximum Gasteiger partial charge on any atom is 0.410 e. The number of thiazole rings is 1. The highest BCUT2D eigenvalue weighted by Crippen LogP contribution is 2.32. The molecule has 1 unspecified atom stereocenters. The summed E-state index contributed by atoms with van der Waals surface area (Å²) in [5.41, 5.74) is 2.01. The van der Waals surface area contributed by atoms with E-state index in [1.165, 1.54) is 11.3 Å². The molecule has 0 saturated carbocycles. The highest BCUT2D eigenvalue weighted by Gasteiger charge is 2.31. The molecule has 5 rings (SSSR count). The molecule has 1 saturated heterocycles. The summed E-state index contributed by atoms with van der Waals surface area (Å²) >= 11 is 1.46. The molecule has 9 heteroatoms. The molecular weight excluding hydrogens is 452 g/mol. The van der Waals surface area contributed by atoms with Crippen molar-refractivity contribution in [3.8, 4) is 10.9 Å². The second-order valence-corrected chi connectivity index (χ2v) is 10.4.